The zero-order chi connectivity index (χ0) is 14.8. The van der Waals surface area contributed by atoms with Crippen molar-refractivity contribution < 1.29 is 9.53 Å². The Morgan fingerprint density at radius 3 is 2.76 bits per heavy atom. The van der Waals surface area contributed by atoms with Crippen LogP contribution in [0, 0.1) is 0 Å². The summed E-state index contributed by atoms with van der Waals surface area (Å²) < 4.78 is 4.71. The highest BCUT2D eigenvalue weighted by atomic mass is 16.5. The molecule has 0 spiro atoms. The summed E-state index contributed by atoms with van der Waals surface area (Å²) in [4.78, 5) is 17.1. The van der Waals surface area contributed by atoms with Crippen molar-refractivity contribution in [2.45, 2.75) is 56.8 Å². The number of nitrogens with one attached hydrogen (secondary N) is 2. The number of rotatable bonds is 4. The Bertz CT molecular complexity index is 485. The molecule has 0 aromatic carbocycles. The number of carbonyl (C=O) groups is 1. The first-order valence-electron chi connectivity index (χ1n) is 7.89. The molecule has 2 bridgehead atoms. The Balaban J connectivity index is 1.53. The van der Waals surface area contributed by atoms with Gasteiger partial charge in [0.1, 0.15) is 5.69 Å². The van der Waals surface area contributed by atoms with Gasteiger partial charge in [-0.25, -0.2) is 4.79 Å². The van der Waals surface area contributed by atoms with E-state index in [1.807, 2.05) is 6.07 Å². The third-order valence-electron chi connectivity index (χ3n) is 5.07. The number of hydrogen-bond donors (Lipinski definition) is 2. The van der Waals surface area contributed by atoms with Crippen LogP contribution >= 0.6 is 0 Å². The van der Waals surface area contributed by atoms with E-state index in [-0.39, 0.29) is 5.97 Å². The smallest absolute Gasteiger partial charge is 0.354 e. The van der Waals surface area contributed by atoms with Crippen molar-refractivity contribution in [1.82, 2.24) is 15.2 Å². The molecule has 0 aliphatic carbocycles. The summed E-state index contributed by atoms with van der Waals surface area (Å²) in [5, 5.41) is 3.65. The quantitative estimate of drug-likeness (QED) is 0.832. The van der Waals surface area contributed by atoms with Crippen LogP contribution < -0.4 is 5.32 Å². The SMILES string of the molecule is COC(=O)c1ccc(CNC2CC3CCCC(C2)N3C)[nH]1. The molecule has 2 aliphatic heterocycles. The number of hydrogen-bond acceptors (Lipinski definition) is 4. The molecule has 1 aromatic rings. The lowest BCUT2D eigenvalue weighted by Gasteiger charge is -2.47. The molecule has 2 unspecified atom stereocenters. The maximum absolute atomic E-state index is 11.4. The maximum atomic E-state index is 11.4. The monoisotopic (exact) mass is 291 g/mol. The average Bonchev–Trinajstić information content (AvgIpc) is 2.93. The molecule has 1 aromatic heterocycles. The summed E-state index contributed by atoms with van der Waals surface area (Å²) >= 11 is 0. The zero-order valence-electron chi connectivity index (χ0n) is 12.9. The molecule has 0 saturated carbocycles. The number of aromatic amines is 1. The van der Waals surface area contributed by atoms with Crippen LogP contribution in [-0.4, -0.2) is 48.1 Å². The highest BCUT2D eigenvalue weighted by molar-refractivity contribution is 5.87. The molecule has 2 saturated heterocycles. The van der Waals surface area contributed by atoms with Gasteiger partial charge in [0.25, 0.3) is 0 Å². The number of esters is 1. The Labute approximate surface area is 126 Å². The van der Waals surface area contributed by atoms with Crippen molar-refractivity contribution in [3.63, 3.8) is 0 Å². The van der Waals surface area contributed by atoms with E-state index in [2.05, 4.69) is 22.2 Å². The van der Waals surface area contributed by atoms with Crippen LogP contribution in [0.15, 0.2) is 12.1 Å². The third kappa shape index (κ3) is 3.14. The van der Waals surface area contributed by atoms with Gasteiger partial charge in [-0.05, 0) is 44.9 Å². The van der Waals surface area contributed by atoms with Gasteiger partial charge in [0, 0.05) is 30.4 Å². The number of aromatic nitrogens is 1. The molecule has 2 N–H and O–H groups in total. The highest BCUT2D eigenvalue weighted by Crippen LogP contribution is 2.32. The number of fused-ring (bicyclic) bond motifs is 2. The molecule has 0 radical (unpaired) electrons. The maximum Gasteiger partial charge on any atom is 0.354 e. The Hall–Kier alpha value is -1.33. The van der Waals surface area contributed by atoms with Crippen LogP contribution in [-0.2, 0) is 11.3 Å². The highest BCUT2D eigenvalue weighted by Gasteiger charge is 2.35. The number of carbonyl (C=O) groups excluding carboxylic acids is 1. The molecule has 2 atom stereocenters. The van der Waals surface area contributed by atoms with E-state index in [1.54, 1.807) is 6.07 Å². The van der Waals surface area contributed by atoms with E-state index in [9.17, 15) is 4.79 Å². The van der Waals surface area contributed by atoms with Gasteiger partial charge in [-0.1, -0.05) is 6.42 Å². The predicted molar refractivity (Wildman–Crippen MR) is 81.2 cm³/mol. The summed E-state index contributed by atoms with van der Waals surface area (Å²) in [5.41, 5.74) is 1.56. The second-order valence-electron chi connectivity index (χ2n) is 6.34. The van der Waals surface area contributed by atoms with Crippen LogP contribution in [0.2, 0.25) is 0 Å². The van der Waals surface area contributed by atoms with Crippen LogP contribution in [0.1, 0.15) is 48.3 Å². The second kappa shape index (κ2) is 6.20. The number of ether oxygens (including phenoxy) is 1. The van der Waals surface area contributed by atoms with Crippen molar-refractivity contribution in [2.24, 2.45) is 0 Å². The van der Waals surface area contributed by atoms with Gasteiger partial charge in [0.05, 0.1) is 7.11 Å². The van der Waals surface area contributed by atoms with Crippen molar-refractivity contribution in [2.75, 3.05) is 14.2 Å². The van der Waals surface area contributed by atoms with Gasteiger partial charge in [-0.3, -0.25) is 0 Å². The fourth-order valence-corrected chi connectivity index (χ4v) is 3.81. The van der Waals surface area contributed by atoms with Gasteiger partial charge in [0.2, 0.25) is 0 Å². The topological polar surface area (TPSA) is 57.4 Å². The number of methoxy groups -OCH3 is 1. The van der Waals surface area contributed by atoms with E-state index in [4.69, 9.17) is 4.74 Å². The van der Waals surface area contributed by atoms with Gasteiger partial charge in [0.15, 0.2) is 0 Å². The van der Waals surface area contributed by atoms with Gasteiger partial charge >= 0.3 is 5.97 Å². The first-order valence-corrected chi connectivity index (χ1v) is 7.89. The summed E-state index contributed by atoms with van der Waals surface area (Å²) in [6, 6.07) is 5.80. The summed E-state index contributed by atoms with van der Waals surface area (Å²) in [6.45, 7) is 0.783. The Kier molecular flexibility index (Phi) is 4.31. The number of nitrogens with zero attached hydrogens (tertiary/aromatic N) is 1. The van der Waals surface area contributed by atoms with Crippen molar-refractivity contribution in [3.8, 4) is 0 Å². The molecule has 3 heterocycles. The fourth-order valence-electron chi connectivity index (χ4n) is 3.81. The summed E-state index contributed by atoms with van der Waals surface area (Å²) in [6.07, 6.45) is 6.51. The van der Waals surface area contributed by atoms with Crippen LogP contribution in [0.5, 0.6) is 0 Å². The molecule has 21 heavy (non-hydrogen) atoms. The Morgan fingerprint density at radius 2 is 2.10 bits per heavy atom. The van der Waals surface area contributed by atoms with E-state index in [0.29, 0.717) is 11.7 Å². The molecular formula is C16H25N3O2. The molecular weight excluding hydrogens is 266 g/mol. The van der Waals surface area contributed by atoms with Crippen molar-refractivity contribution in [3.05, 3.63) is 23.5 Å². The lowest BCUT2D eigenvalue weighted by molar-refractivity contribution is 0.0482. The average molecular weight is 291 g/mol. The molecule has 2 fully saturated rings. The predicted octanol–water partition coefficient (Wildman–Crippen LogP) is 1.91. The first kappa shape index (κ1) is 14.6. The van der Waals surface area contributed by atoms with Gasteiger partial charge < -0.3 is 19.9 Å². The minimum atomic E-state index is -0.310. The van der Waals surface area contributed by atoms with Gasteiger partial charge in [-0.15, -0.1) is 0 Å². The third-order valence-corrected chi connectivity index (χ3v) is 5.07. The molecule has 5 nitrogen and oxygen atoms in total. The molecule has 116 valence electrons. The van der Waals surface area contributed by atoms with Crippen molar-refractivity contribution >= 4 is 5.97 Å². The van der Waals surface area contributed by atoms with Crippen LogP contribution in [0.4, 0.5) is 0 Å². The normalized spacial score (nSPS) is 29.3. The van der Waals surface area contributed by atoms with Crippen LogP contribution in [0.25, 0.3) is 0 Å². The summed E-state index contributed by atoms with van der Waals surface area (Å²) in [7, 11) is 3.68. The number of piperidine rings is 2. The fraction of sp³-hybridized carbons (Fsp3) is 0.688. The molecule has 0 amide bonds. The minimum absolute atomic E-state index is 0.310. The largest absolute Gasteiger partial charge is 0.464 e. The minimum Gasteiger partial charge on any atom is -0.464 e. The zero-order valence-corrected chi connectivity index (χ0v) is 12.9. The van der Waals surface area contributed by atoms with E-state index < -0.39 is 0 Å². The first-order chi connectivity index (χ1) is 10.2. The van der Waals surface area contributed by atoms with Crippen LogP contribution in [0.3, 0.4) is 0 Å². The van der Waals surface area contributed by atoms with E-state index in [0.717, 1.165) is 24.3 Å². The molecule has 3 rings (SSSR count). The lowest BCUT2D eigenvalue weighted by atomic mass is 9.82. The lowest BCUT2D eigenvalue weighted by Crippen LogP contribution is -2.54. The second-order valence-corrected chi connectivity index (χ2v) is 6.34. The standard InChI is InChI=1S/C16H25N3O2/c1-19-13-4-3-5-14(19)9-12(8-13)17-10-11-6-7-15(18-11)16(20)21-2/h6-7,12-14,17-18H,3-5,8-10H2,1-2H3. The van der Waals surface area contributed by atoms with E-state index >= 15 is 0 Å². The summed E-state index contributed by atoms with van der Waals surface area (Å²) in [5.74, 6) is -0.310. The Morgan fingerprint density at radius 1 is 1.38 bits per heavy atom. The van der Waals surface area contributed by atoms with E-state index in [1.165, 1.54) is 39.2 Å². The van der Waals surface area contributed by atoms with Crippen molar-refractivity contribution in [1.29, 1.82) is 0 Å². The molecule has 5 heteroatoms. The molecule has 2 aliphatic rings. The van der Waals surface area contributed by atoms with Gasteiger partial charge in [-0.2, -0.15) is 0 Å². The number of H-pyrrole nitrogens is 1.